The van der Waals surface area contributed by atoms with Crippen LogP contribution in [0.15, 0.2) is 48.5 Å². The van der Waals surface area contributed by atoms with E-state index in [4.69, 9.17) is 21.1 Å². The van der Waals surface area contributed by atoms with Gasteiger partial charge in [-0.3, -0.25) is 14.4 Å². The fourth-order valence-electron chi connectivity index (χ4n) is 5.84. The van der Waals surface area contributed by atoms with Gasteiger partial charge in [-0.25, -0.2) is 4.79 Å². The summed E-state index contributed by atoms with van der Waals surface area (Å²) in [6, 6.07) is 11.0. The molecule has 2 fully saturated rings. The first-order valence-corrected chi connectivity index (χ1v) is 17.5. The number of halogens is 4. The molecular formula is C35H40ClF3N8O6. The Hall–Kier alpha value is -5.19. The summed E-state index contributed by atoms with van der Waals surface area (Å²) >= 11 is 6.03. The van der Waals surface area contributed by atoms with Gasteiger partial charge in [0.2, 0.25) is 11.9 Å². The number of ether oxygens (including phenoxy) is 2. The number of carbonyl (C=O) groups is 4. The van der Waals surface area contributed by atoms with Gasteiger partial charge in [0.1, 0.15) is 6.04 Å². The van der Waals surface area contributed by atoms with E-state index >= 15 is 0 Å². The van der Waals surface area contributed by atoms with Gasteiger partial charge in [0.25, 0.3) is 5.91 Å². The van der Waals surface area contributed by atoms with Gasteiger partial charge in [-0.05, 0) is 73.6 Å². The normalized spacial score (nSPS) is 15.9. The van der Waals surface area contributed by atoms with E-state index in [1.165, 1.54) is 24.3 Å². The van der Waals surface area contributed by atoms with Gasteiger partial charge in [0.05, 0.1) is 12.6 Å². The van der Waals surface area contributed by atoms with Crippen LogP contribution in [0.5, 0.6) is 6.01 Å². The number of esters is 1. The molecule has 1 aromatic heterocycles. The number of rotatable bonds is 14. The fourth-order valence-corrected chi connectivity index (χ4v) is 5.97. The number of benzene rings is 2. The zero-order chi connectivity index (χ0) is 38.0. The Morgan fingerprint density at radius 3 is 2.15 bits per heavy atom. The first kappa shape index (κ1) is 39.0. The second-order valence-corrected chi connectivity index (χ2v) is 13.3. The average molecular weight is 761 g/mol. The highest BCUT2D eigenvalue weighted by Crippen LogP contribution is 2.48. The number of hydrogen-bond donors (Lipinski definition) is 5. The van der Waals surface area contributed by atoms with Crippen molar-refractivity contribution in [2.75, 3.05) is 37.4 Å². The molecule has 1 heterocycles. The van der Waals surface area contributed by atoms with Crippen LogP contribution in [0.25, 0.3) is 0 Å². The molecule has 5 N–H and O–H groups in total. The van der Waals surface area contributed by atoms with Crippen molar-refractivity contribution in [1.29, 1.82) is 0 Å². The Morgan fingerprint density at radius 2 is 1.53 bits per heavy atom. The van der Waals surface area contributed by atoms with Crippen LogP contribution in [-0.4, -0.2) is 77.7 Å². The molecule has 18 heteroatoms. The van der Waals surface area contributed by atoms with Crippen LogP contribution in [-0.2, 0) is 24.7 Å². The molecule has 2 aliphatic carbocycles. The number of amides is 3. The number of anilines is 3. The van der Waals surface area contributed by atoms with Crippen molar-refractivity contribution >= 4 is 52.9 Å². The molecule has 2 aromatic carbocycles. The fraction of sp³-hybridized carbons (Fsp3) is 0.457. The molecule has 0 bridgehead atoms. The number of methoxy groups -OCH3 is 1. The summed E-state index contributed by atoms with van der Waals surface area (Å²) in [6.07, 6.45) is 3.25. The summed E-state index contributed by atoms with van der Waals surface area (Å²) in [4.78, 5) is 62.6. The van der Waals surface area contributed by atoms with Crippen molar-refractivity contribution in [3.63, 3.8) is 0 Å². The quantitative estimate of drug-likeness (QED) is 0.0865. The highest BCUT2D eigenvalue weighted by atomic mass is 35.5. The lowest BCUT2D eigenvalue weighted by molar-refractivity contribution is -0.154. The number of nitrogens with zero attached hydrogens (tertiary/aromatic N) is 3. The lowest BCUT2D eigenvalue weighted by Gasteiger charge is -2.19. The number of alkyl halides is 3. The SMILES string of the molecule is COC(=O)[C@H](CNC(=O)C(=O)NCC1CCCCCC1)NC(=O)c1ccc(Nc2nc(NC3(c4ccc(Cl)cc4)CC3)nc(OCC(F)(F)F)n2)cc1. The predicted molar refractivity (Wildman–Crippen MR) is 188 cm³/mol. The molecule has 5 rings (SSSR count). The minimum Gasteiger partial charge on any atom is -0.467 e. The topological polar surface area (TPSA) is 186 Å². The summed E-state index contributed by atoms with van der Waals surface area (Å²) in [5, 5.41) is 14.1. The van der Waals surface area contributed by atoms with Crippen LogP contribution in [0.3, 0.4) is 0 Å². The molecule has 3 aromatic rings. The zero-order valence-corrected chi connectivity index (χ0v) is 29.6. The van der Waals surface area contributed by atoms with E-state index in [1.807, 2.05) is 12.1 Å². The molecule has 0 saturated heterocycles. The standard InChI is InChI=1S/C35H40ClF3N8O6/c1-52-30(51)26(19-41-29(50)28(49)40-18-21-6-4-2-3-5-7-21)43-27(48)22-8-14-25(15-9-22)42-31-44-32(46-33(45-31)53-20-35(37,38)39)47-34(16-17-34)23-10-12-24(36)13-11-23/h8-15,21,26H,2-7,16-20H2,1H3,(H,40,49)(H,41,50)(H,43,48)(H2,42,44,45,46,47)/t26-/m0/s1. The molecule has 14 nitrogen and oxygen atoms in total. The van der Waals surface area contributed by atoms with E-state index < -0.39 is 60.6 Å². The Bertz CT molecular complexity index is 1750. The minimum atomic E-state index is -4.63. The van der Waals surface area contributed by atoms with Gasteiger partial charge >= 0.3 is 30.0 Å². The second-order valence-electron chi connectivity index (χ2n) is 12.9. The number of aromatic nitrogens is 3. The maximum atomic E-state index is 13.1. The summed E-state index contributed by atoms with van der Waals surface area (Å²) in [7, 11) is 1.12. The third-order valence-electron chi connectivity index (χ3n) is 8.87. The Balaban J connectivity index is 1.20. The lowest BCUT2D eigenvalue weighted by Crippen LogP contribution is -2.51. The first-order chi connectivity index (χ1) is 25.3. The molecule has 2 aliphatic rings. The lowest BCUT2D eigenvalue weighted by atomic mass is 10.0. The molecule has 0 radical (unpaired) electrons. The van der Waals surface area contributed by atoms with Gasteiger partial charge in [-0.2, -0.15) is 28.1 Å². The Morgan fingerprint density at radius 1 is 0.887 bits per heavy atom. The third kappa shape index (κ3) is 11.7. The summed E-state index contributed by atoms with van der Waals surface area (Å²) in [5.41, 5.74) is 0.810. The number of carbonyl (C=O) groups excluding carboxylic acids is 4. The summed E-state index contributed by atoms with van der Waals surface area (Å²) < 4.78 is 48.4. The smallest absolute Gasteiger partial charge is 0.422 e. The van der Waals surface area contributed by atoms with E-state index in [-0.39, 0.29) is 17.5 Å². The van der Waals surface area contributed by atoms with E-state index in [0.717, 1.165) is 51.2 Å². The maximum Gasteiger partial charge on any atom is 0.422 e. The van der Waals surface area contributed by atoms with Crippen LogP contribution in [0.4, 0.5) is 30.8 Å². The number of nitrogens with one attached hydrogen (secondary N) is 5. The molecule has 53 heavy (non-hydrogen) atoms. The largest absolute Gasteiger partial charge is 0.467 e. The minimum absolute atomic E-state index is 0.0267. The van der Waals surface area contributed by atoms with Crippen molar-refractivity contribution < 1.29 is 41.8 Å². The van der Waals surface area contributed by atoms with Gasteiger partial charge in [0.15, 0.2) is 6.61 Å². The highest BCUT2D eigenvalue weighted by molar-refractivity contribution is 6.35. The van der Waals surface area contributed by atoms with Gasteiger partial charge in [-0.15, -0.1) is 0 Å². The predicted octanol–water partition coefficient (Wildman–Crippen LogP) is 4.79. The average Bonchev–Trinajstić information content (AvgIpc) is 3.96. The molecule has 1 atom stereocenters. The molecular weight excluding hydrogens is 721 g/mol. The molecule has 0 aliphatic heterocycles. The van der Waals surface area contributed by atoms with Crippen LogP contribution < -0.4 is 31.3 Å². The van der Waals surface area contributed by atoms with Crippen LogP contribution in [0, 0.1) is 5.92 Å². The van der Waals surface area contributed by atoms with Crippen molar-refractivity contribution in [3.05, 3.63) is 64.7 Å². The molecule has 284 valence electrons. The highest BCUT2D eigenvalue weighted by Gasteiger charge is 2.45. The van der Waals surface area contributed by atoms with Crippen molar-refractivity contribution in [1.82, 2.24) is 30.9 Å². The van der Waals surface area contributed by atoms with E-state index in [9.17, 15) is 32.3 Å². The summed E-state index contributed by atoms with van der Waals surface area (Å²) in [5.74, 6) is -3.17. The van der Waals surface area contributed by atoms with Crippen molar-refractivity contribution in [2.24, 2.45) is 5.92 Å². The van der Waals surface area contributed by atoms with Crippen LogP contribution >= 0.6 is 11.6 Å². The van der Waals surface area contributed by atoms with E-state index in [2.05, 4.69) is 41.5 Å². The van der Waals surface area contributed by atoms with Gasteiger partial charge < -0.3 is 36.1 Å². The van der Waals surface area contributed by atoms with E-state index in [1.54, 1.807) is 12.1 Å². The van der Waals surface area contributed by atoms with Gasteiger partial charge in [0, 0.05) is 29.4 Å². The van der Waals surface area contributed by atoms with Crippen molar-refractivity contribution in [3.8, 4) is 6.01 Å². The third-order valence-corrected chi connectivity index (χ3v) is 9.12. The van der Waals surface area contributed by atoms with Crippen LogP contribution in [0.2, 0.25) is 5.02 Å². The zero-order valence-electron chi connectivity index (χ0n) is 28.9. The second kappa shape index (κ2) is 17.6. The number of hydrogen-bond acceptors (Lipinski definition) is 11. The molecule has 2 saturated carbocycles. The van der Waals surface area contributed by atoms with Gasteiger partial charge in [-0.1, -0.05) is 49.4 Å². The molecule has 0 spiro atoms. The Labute approximate surface area is 308 Å². The van der Waals surface area contributed by atoms with E-state index in [0.29, 0.717) is 36.0 Å². The molecule has 3 amide bonds. The monoisotopic (exact) mass is 760 g/mol. The van der Waals surface area contributed by atoms with Crippen molar-refractivity contribution in [2.45, 2.75) is 69.1 Å². The maximum absolute atomic E-state index is 13.1. The Kier molecular flexibility index (Phi) is 12.9. The summed E-state index contributed by atoms with van der Waals surface area (Å²) in [6.45, 7) is -1.63. The first-order valence-electron chi connectivity index (χ1n) is 17.1. The molecule has 0 unspecified atom stereocenters. The van der Waals surface area contributed by atoms with Crippen LogP contribution in [0.1, 0.15) is 67.3 Å².